The molecule has 0 N–H and O–H groups in total. The molecule has 0 unspecified atom stereocenters. The largest absolute Gasteiger partial charge is 0.449 e. The second-order valence-corrected chi connectivity index (χ2v) is 8.13. The Morgan fingerprint density at radius 1 is 1.03 bits per heavy atom. The number of amides is 2. The van der Waals surface area contributed by atoms with Crippen molar-refractivity contribution in [2.45, 2.75) is 57.2 Å². The van der Waals surface area contributed by atoms with Gasteiger partial charge in [-0.05, 0) is 37.0 Å². The van der Waals surface area contributed by atoms with Crippen molar-refractivity contribution in [2.75, 3.05) is 13.2 Å². The lowest BCUT2D eigenvalue weighted by Crippen LogP contribution is -2.56. The molecule has 1 saturated carbocycles. The van der Waals surface area contributed by atoms with Gasteiger partial charge in [-0.3, -0.25) is 4.79 Å². The number of fused-ring (bicyclic) bond motifs is 1. The van der Waals surface area contributed by atoms with Gasteiger partial charge in [0.1, 0.15) is 0 Å². The van der Waals surface area contributed by atoms with E-state index in [2.05, 4.69) is 10.2 Å². The average Bonchev–Trinajstić information content (AvgIpc) is 3.40. The van der Waals surface area contributed by atoms with Crippen molar-refractivity contribution in [3.05, 3.63) is 35.2 Å². The molecule has 0 bridgehead atoms. The first kappa shape index (κ1) is 19.9. The van der Waals surface area contributed by atoms with Gasteiger partial charge in [0.05, 0.1) is 18.7 Å². The number of hydrogen-bond acceptors (Lipinski definition) is 6. The Bertz CT molecular complexity index is 1010. The Balaban J connectivity index is 1.40. The quantitative estimate of drug-likeness (QED) is 0.731. The van der Waals surface area contributed by atoms with E-state index in [1.54, 1.807) is 23.1 Å². The maximum absolute atomic E-state index is 13.3. The Morgan fingerprint density at radius 2 is 1.81 bits per heavy atom. The highest BCUT2D eigenvalue weighted by molar-refractivity contribution is 5.99. The number of cyclic esters (lactones) is 1. The van der Waals surface area contributed by atoms with Crippen molar-refractivity contribution in [2.24, 2.45) is 0 Å². The van der Waals surface area contributed by atoms with E-state index in [9.17, 15) is 18.4 Å². The molecule has 1 aliphatic carbocycles. The Kier molecular flexibility index (Phi) is 5.07. The number of alkyl halides is 2. The third kappa shape index (κ3) is 3.53. The minimum Gasteiger partial charge on any atom is -0.449 e. The molecule has 2 fully saturated rings. The van der Waals surface area contributed by atoms with Gasteiger partial charge < -0.3 is 19.0 Å². The number of rotatable bonds is 4. The molecule has 2 atom stereocenters. The average molecular weight is 432 g/mol. The number of ether oxygens (including phenoxy) is 1. The van der Waals surface area contributed by atoms with Gasteiger partial charge in [0.25, 0.3) is 11.8 Å². The number of nitrogens with zero attached hydrogens (tertiary/aromatic N) is 4. The van der Waals surface area contributed by atoms with Crippen molar-refractivity contribution in [1.82, 2.24) is 20.0 Å². The van der Waals surface area contributed by atoms with Crippen molar-refractivity contribution >= 4 is 12.0 Å². The highest BCUT2D eigenvalue weighted by atomic mass is 19.3. The number of carbonyl (C=O) groups is 2. The summed E-state index contributed by atoms with van der Waals surface area (Å²) in [6, 6.07) is 4.95. The predicted octanol–water partition coefficient (Wildman–Crippen LogP) is 3.78. The smallest absolute Gasteiger partial charge is 0.410 e. The monoisotopic (exact) mass is 432 g/mol. The standard InChI is InChI=1S/C21H22F2N4O4/c22-17(23)19-25-24-18(31-19)12-6-7-13-11-27(20(28)14(13)10-12)16-5-2-1-4-15(16)26-8-3-9-30-21(26)29/h6-7,10,15-17H,1-5,8-9,11H2/t15-,16-/m1/s1. The van der Waals surface area contributed by atoms with Crippen LogP contribution in [0.2, 0.25) is 0 Å². The van der Waals surface area contributed by atoms with Crippen LogP contribution in [0.5, 0.6) is 0 Å². The highest BCUT2D eigenvalue weighted by Crippen LogP contribution is 2.36. The van der Waals surface area contributed by atoms with Crippen LogP contribution in [0.25, 0.3) is 11.5 Å². The first-order chi connectivity index (χ1) is 15.0. The second kappa shape index (κ2) is 7.90. The maximum Gasteiger partial charge on any atom is 0.410 e. The molecule has 2 amide bonds. The summed E-state index contributed by atoms with van der Waals surface area (Å²) >= 11 is 0. The fourth-order valence-corrected chi connectivity index (χ4v) is 4.85. The van der Waals surface area contributed by atoms with Crippen molar-refractivity contribution in [3.8, 4) is 11.5 Å². The molecule has 31 heavy (non-hydrogen) atoms. The number of benzene rings is 1. The normalized spacial score (nSPS) is 24.0. The molecule has 0 spiro atoms. The molecular weight excluding hydrogens is 410 g/mol. The zero-order chi connectivity index (χ0) is 21.5. The molecule has 1 aromatic carbocycles. The number of aromatic nitrogens is 2. The lowest BCUT2D eigenvalue weighted by Gasteiger charge is -2.44. The lowest BCUT2D eigenvalue weighted by atomic mass is 9.88. The van der Waals surface area contributed by atoms with E-state index in [1.165, 1.54) is 0 Å². The zero-order valence-electron chi connectivity index (χ0n) is 16.8. The van der Waals surface area contributed by atoms with Crippen LogP contribution in [0.1, 0.15) is 60.3 Å². The fourth-order valence-electron chi connectivity index (χ4n) is 4.85. The molecule has 2 aliphatic heterocycles. The van der Waals surface area contributed by atoms with Crippen molar-refractivity contribution < 1.29 is 27.5 Å². The SMILES string of the molecule is O=C1OCCCN1[C@@H]1CCCC[C@H]1N1Cc2ccc(-c3nnc(C(F)F)o3)cc2C1=O. The zero-order valence-corrected chi connectivity index (χ0v) is 16.8. The molecule has 164 valence electrons. The summed E-state index contributed by atoms with van der Waals surface area (Å²) in [6.45, 7) is 1.53. The summed E-state index contributed by atoms with van der Waals surface area (Å²) in [5.74, 6) is -0.925. The van der Waals surface area contributed by atoms with Crippen LogP contribution in [-0.2, 0) is 11.3 Å². The van der Waals surface area contributed by atoms with E-state index < -0.39 is 12.3 Å². The van der Waals surface area contributed by atoms with Crippen LogP contribution < -0.4 is 0 Å². The molecule has 3 aliphatic rings. The maximum atomic E-state index is 13.3. The van der Waals surface area contributed by atoms with E-state index in [0.29, 0.717) is 30.8 Å². The van der Waals surface area contributed by atoms with E-state index >= 15 is 0 Å². The molecule has 3 heterocycles. The third-order valence-electron chi connectivity index (χ3n) is 6.31. The molecule has 8 nitrogen and oxygen atoms in total. The molecule has 2 aromatic rings. The third-order valence-corrected chi connectivity index (χ3v) is 6.31. The lowest BCUT2D eigenvalue weighted by molar-refractivity contribution is 0.0123. The van der Waals surface area contributed by atoms with Crippen LogP contribution in [0, 0.1) is 0 Å². The molecule has 1 aromatic heterocycles. The summed E-state index contributed by atoms with van der Waals surface area (Å²) in [7, 11) is 0. The van der Waals surface area contributed by atoms with E-state index in [4.69, 9.17) is 9.15 Å². The summed E-state index contributed by atoms with van der Waals surface area (Å²) in [4.78, 5) is 29.2. The number of carbonyl (C=O) groups excluding carboxylic acids is 2. The summed E-state index contributed by atoms with van der Waals surface area (Å²) in [5.41, 5.74) is 1.78. The van der Waals surface area contributed by atoms with Crippen molar-refractivity contribution in [1.29, 1.82) is 0 Å². The van der Waals surface area contributed by atoms with Crippen LogP contribution in [0.3, 0.4) is 0 Å². The second-order valence-electron chi connectivity index (χ2n) is 8.13. The van der Waals surface area contributed by atoms with Gasteiger partial charge in [-0.2, -0.15) is 8.78 Å². The highest BCUT2D eigenvalue weighted by Gasteiger charge is 2.42. The molecule has 5 rings (SSSR count). The fraction of sp³-hybridized carbons (Fsp3) is 0.524. The summed E-state index contributed by atoms with van der Waals surface area (Å²) in [6.07, 6.45) is 1.29. The Morgan fingerprint density at radius 3 is 2.52 bits per heavy atom. The minimum atomic E-state index is -2.85. The van der Waals surface area contributed by atoms with Gasteiger partial charge in [0.2, 0.25) is 5.89 Å². The van der Waals surface area contributed by atoms with E-state index in [-0.39, 0.29) is 30.0 Å². The van der Waals surface area contributed by atoms with Gasteiger partial charge in [-0.25, -0.2) is 4.79 Å². The van der Waals surface area contributed by atoms with Crippen molar-refractivity contribution in [3.63, 3.8) is 0 Å². The first-order valence-corrected chi connectivity index (χ1v) is 10.5. The molecular formula is C21H22F2N4O4. The van der Waals surface area contributed by atoms with Gasteiger partial charge in [0.15, 0.2) is 0 Å². The Hall–Kier alpha value is -3.04. The topological polar surface area (TPSA) is 88.8 Å². The van der Waals surface area contributed by atoms with Crippen LogP contribution in [-0.4, -0.2) is 57.2 Å². The van der Waals surface area contributed by atoms with Gasteiger partial charge in [-0.15, -0.1) is 10.2 Å². The van der Waals surface area contributed by atoms with E-state index in [0.717, 1.165) is 37.7 Å². The Labute approximate surface area is 177 Å². The van der Waals surface area contributed by atoms with Gasteiger partial charge in [-0.1, -0.05) is 18.9 Å². The number of hydrogen-bond donors (Lipinski definition) is 0. The van der Waals surface area contributed by atoms with Gasteiger partial charge in [0, 0.05) is 24.2 Å². The van der Waals surface area contributed by atoms with Gasteiger partial charge >= 0.3 is 12.5 Å². The predicted molar refractivity (Wildman–Crippen MR) is 103 cm³/mol. The van der Waals surface area contributed by atoms with Crippen LogP contribution in [0.4, 0.5) is 13.6 Å². The van der Waals surface area contributed by atoms with Crippen LogP contribution >= 0.6 is 0 Å². The minimum absolute atomic E-state index is 0.0454. The summed E-state index contributed by atoms with van der Waals surface area (Å²) in [5, 5.41) is 7.02. The van der Waals surface area contributed by atoms with Crippen LogP contribution in [0.15, 0.2) is 22.6 Å². The molecule has 0 radical (unpaired) electrons. The van der Waals surface area contributed by atoms with E-state index in [1.807, 2.05) is 4.90 Å². The molecule has 10 heteroatoms. The number of halogens is 2. The first-order valence-electron chi connectivity index (χ1n) is 10.5. The molecule has 1 saturated heterocycles. The summed E-state index contributed by atoms with van der Waals surface area (Å²) < 4.78 is 35.8.